The molecule has 162 valence electrons. The van der Waals surface area contributed by atoms with Gasteiger partial charge in [0.05, 0.1) is 17.3 Å². The molecule has 2 N–H and O–H groups in total. The largest absolute Gasteiger partial charge is 0.345 e. The highest BCUT2D eigenvalue weighted by Crippen LogP contribution is 2.31. The van der Waals surface area contributed by atoms with E-state index in [0.29, 0.717) is 11.1 Å². The van der Waals surface area contributed by atoms with Gasteiger partial charge in [-0.15, -0.1) is 0 Å². The predicted octanol–water partition coefficient (Wildman–Crippen LogP) is 4.13. The molecule has 0 bridgehead atoms. The van der Waals surface area contributed by atoms with E-state index < -0.39 is 17.6 Å². The van der Waals surface area contributed by atoms with E-state index in [0.717, 1.165) is 5.56 Å². The number of halogens is 1. The number of fused-ring (bicyclic) bond motifs is 1. The lowest BCUT2D eigenvalue weighted by atomic mass is 10.0. The van der Waals surface area contributed by atoms with E-state index in [-0.39, 0.29) is 28.7 Å². The molecule has 4 rings (SSSR count). The number of aliphatic imine (C=N–C) groups is 1. The number of nitrogens with one attached hydrogen (secondary N) is 2. The number of rotatable bonds is 4. The Morgan fingerprint density at radius 1 is 0.939 bits per heavy atom. The molecule has 2 amide bonds. The predicted molar refractivity (Wildman–Crippen MR) is 122 cm³/mol. The lowest BCUT2D eigenvalue weighted by Gasteiger charge is -2.14. The number of amidine groups is 1. The Kier molecular flexibility index (Phi) is 6.09. The van der Waals surface area contributed by atoms with E-state index in [4.69, 9.17) is 0 Å². The van der Waals surface area contributed by atoms with Crippen molar-refractivity contribution in [1.82, 2.24) is 10.6 Å². The summed E-state index contributed by atoms with van der Waals surface area (Å²) in [6, 6.07) is 23.5. The van der Waals surface area contributed by atoms with Crippen LogP contribution in [0.25, 0.3) is 5.70 Å². The summed E-state index contributed by atoms with van der Waals surface area (Å²) in [6.45, 7) is 1.82. The molecule has 0 saturated heterocycles. The maximum absolute atomic E-state index is 14.0. The molecule has 0 aromatic heterocycles. The molecule has 6 nitrogen and oxygen atoms in total. The Bertz CT molecular complexity index is 1340. The van der Waals surface area contributed by atoms with E-state index in [1.165, 1.54) is 18.2 Å². The quantitative estimate of drug-likeness (QED) is 0.474. The maximum atomic E-state index is 14.0. The van der Waals surface area contributed by atoms with Crippen LogP contribution in [0.1, 0.15) is 40.0 Å². The average molecular weight is 438 g/mol. The van der Waals surface area contributed by atoms with Crippen LogP contribution in [0.2, 0.25) is 0 Å². The first-order chi connectivity index (χ1) is 16.0. The van der Waals surface area contributed by atoms with Gasteiger partial charge in [-0.2, -0.15) is 5.26 Å². The van der Waals surface area contributed by atoms with Crippen molar-refractivity contribution in [2.24, 2.45) is 4.99 Å². The van der Waals surface area contributed by atoms with Crippen LogP contribution in [0.5, 0.6) is 0 Å². The van der Waals surface area contributed by atoms with Gasteiger partial charge in [-0.25, -0.2) is 9.38 Å². The van der Waals surface area contributed by atoms with Crippen molar-refractivity contribution in [2.75, 3.05) is 0 Å². The van der Waals surface area contributed by atoms with Crippen molar-refractivity contribution in [1.29, 1.82) is 5.26 Å². The minimum absolute atomic E-state index is 0.134. The second-order valence-electron chi connectivity index (χ2n) is 7.38. The first-order valence-corrected chi connectivity index (χ1v) is 10.2. The number of nitrogens with zero attached hydrogens (tertiary/aromatic N) is 2. The normalized spacial score (nSPS) is 14.4. The number of hydrogen-bond acceptors (Lipinski definition) is 4. The fraction of sp³-hybridized carbons (Fsp3) is 0.0769. The molecule has 7 heteroatoms. The molecular weight excluding hydrogens is 419 g/mol. The van der Waals surface area contributed by atoms with Crippen molar-refractivity contribution in [2.45, 2.75) is 13.0 Å². The molecule has 3 aromatic carbocycles. The molecular formula is C26H19FN4O2. The first kappa shape index (κ1) is 21.7. The molecule has 1 atom stereocenters. The topological polar surface area (TPSA) is 94.3 Å². The fourth-order valence-corrected chi connectivity index (χ4v) is 3.54. The van der Waals surface area contributed by atoms with Crippen LogP contribution in [0.15, 0.2) is 89.4 Å². The molecule has 0 spiro atoms. The third kappa shape index (κ3) is 4.41. The van der Waals surface area contributed by atoms with E-state index in [1.54, 1.807) is 30.3 Å². The van der Waals surface area contributed by atoms with Crippen LogP contribution < -0.4 is 10.6 Å². The smallest absolute Gasteiger partial charge is 0.264 e. The second kappa shape index (κ2) is 9.28. The highest BCUT2D eigenvalue weighted by molar-refractivity contribution is 6.20. The van der Waals surface area contributed by atoms with Gasteiger partial charge in [0.2, 0.25) is 0 Å². The minimum atomic E-state index is -0.677. The lowest BCUT2D eigenvalue weighted by Crippen LogP contribution is -2.31. The molecule has 1 aliphatic heterocycles. The van der Waals surface area contributed by atoms with E-state index in [9.17, 15) is 19.2 Å². The van der Waals surface area contributed by atoms with Gasteiger partial charge in [0, 0.05) is 11.1 Å². The Morgan fingerprint density at radius 3 is 2.27 bits per heavy atom. The fourth-order valence-electron chi connectivity index (χ4n) is 3.54. The summed E-state index contributed by atoms with van der Waals surface area (Å²) in [4.78, 5) is 30.0. The van der Waals surface area contributed by atoms with Crippen LogP contribution in [-0.4, -0.2) is 17.6 Å². The van der Waals surface area contributed by atoms with E-state index in [2.05, 4.69) is 15.6 Å². The van der Waals surface area contributed by atoms with Crippen molar-refractivity contribution in [3.05, 3.63) is 113 Å². The van der Waals surface area contributed by atoms with Crippen molar-refractivity contribution in [3.63, 3.8) is 0 Å². The summed E-state index contributed by atoms with van der Waals surface area (Å²) >= 11 is 0. The van der Waals surface area contributed by atoms with Gasteiger partial charge < -0.3 is 10.6 Å². The Morgan fingerprint density at radius 2 is 1.58 bits per heavy atom. The monoisotopic (exact) mass is 438 g/mol. The van der Waals surface area contributed by atoms with Gasteiger partial charge in [0.1, 0.15) is 23.3 Å². The van der Waals surface area contributed by atoms with E-state index in [1.807, 2.05) is 43.3 Å². The SMILES string of the molecule is C[C@H](NC(=O)/C(C#N)=C1/N=C(NC(=O)c2ccccc2F)c2ccccc21)c1ccccc1. The minimum Gasteiger partial charge on any atom is -0.345 e. The Balaban J connectivity index is 1.67. The van der Waals surface area contributed by atoms with Gasteiger partial charge in [-0.05, 0) is 24.6 Å². The Labute approximate surface area is 190 Å². The molecule has 0 radical (unpaired) electrons. The van der Waals surface area contributed by atoms with Crippen molar-refractivity contribution < 1.29 is 14.0 Å². The van der Waals surface area contributed by atoms with Gasteiger partial charge in [-0.1, -0.05) is 66.7 Å². The highest BCUT2D eigenvalue weighted by Gasteiger charge is 2.28. The van der Waals surface area contributed by atoms with Crippen LogP contribution in [-0.2, 0) is 4.79 Å². The van der Waals surface area contributed by atoms with Crippen LogP contribution in [0.3, 0.4) is 0 Å². The molecule has 1 heterocycles. The van der Waals surface area contributed by atoms with Gasteiger partial charge in [0.25, 0.3) is 11.8 Å². The molecule has 0 saturated carbocycles. The third-order valence-electron chi connectivity index (χ3n) is 5.23. The highest BCUT2D eigenvalue weighted by atomic mass is 19.1. The number of nitriles is 1. The van der Waals surface area contributed by atoms with Gasteiger partial charge in [0.15, 0.2) is 0 Å². The second-order valence-corrected chi connectivity index (χ2v) is 7.38. The summed E-state index contributed by atoms with van der Waals surface area (Å²) in [5.41, 5.74) is 1.79. The van der Waals surface area contributed by atoms with Gasteiger partial charge >= 0.3 is 0 Å². The maximum Gasteiger partial charge on any atom is 0.264 e. The van der Waals surface area contributed by atoms with Crippen LogP contribution in [0.4, 0.5) is 4.39 Å². The zero-order chi connectivity index (χ0) is 23.4. The van der Waals surface area contributed by atoms with Crippen molar-refractivity contribution >= 4 is 23.3 Å². The summed E-state index contributed by atoms with van der Waals surface area (Å²) in [6.07, 6.45) is 0. The van der Waals surface area contributed by atoms with Crippen LogP contribution in [0, 0.1) is 17.1 Å². The lowest BCUT2D eigenvalue weighted by molar-refractivity contribution is -0.117. The number of carbonyl (C=O) groups is 2. The zero-order valence-corrected chi connectivity index (χ0v) is 17.7. The molecule has 3 aromatic rings. The summed E-state index contributed by atoms with van der Waals surface area (Å²) in [7, 11) is 0. The number of amides is 2. The number of benzene rings is 3. The first-order valence-electron chi connectivity index (χ1n) is 10.2. The van der Waals surface area contributed by atoms with Gasteiger partial charge in [-0.3, -0.25) is 9.59 Å². The Hall–Kier alpha value is -4.57. The summed E-state index contributed by atoms with van der Waals surface area (Å²) in [5, 5.41) is 15.2. The van der Waals surface area contributed by atoms with Crippen molar-refractivity contribution in [3.8, 4) is 6.07 Å². The number of hydrogen-bond donors (Lipinski definition) is 2. The molecule has 33 heavy (non-hydrogen) atoms. The molecule has 1 aliphatic rings. The molecule has 0 aliphatic carbocycles. The standard InChI is InChI=1S/C26H19FN4O2/c1-16(17-9-3-2-4-10-17)29-26(33)21(15-28)23-18-11-5-6-12-19(18)24(30-23)31-25(32)20-13-7-8-14-22(20)27/h2-14,16H,1H3,(H,29,33)(H,30,31,32)/b23-21+/t16-/m0/s1. The van der Waals surface area contributed by atoms with Crippen LogP contribution >= 0.6 is 0 Å². The molecule has 0 fully saturated rings. The number of carbonyl (C=O) groups excluding carboxylic acids is 2. The van der Waals surface area contributed by atoms with E-state index >= 15 is 0 Å². The summed E-state index contributed by atoms with van der Waals surface area (Å²) in [5.74, 6) is -1.78. The average Bonchev–Trinajstić information content (AvgIpc) is 3.18. The third-order valence-corrected chi connectivity index (χ3v) is 5.23. The molecule has 0 unspecified atom stereocenters. The summed E-state index contributed by atoms with van der Waals surface area (Å²) < 4.78 is 14.0. The zero-order valence-electron chi connectivity index (χ0n) is 17.7.